The van der Waals surface area contributed by atoms with Crippen LogP contribution >= 0.6 is 11.3 Å². The van der Waals surface area contributed by atoms with E-state index >= 15 is 0 Å². The Morgan fingerprint density at radius 2 is 1.86 bits per heavy atom. The van der Waals surface area contributed by atoms with Crippen LogP contribution in [-0.2, 0) is 12.8 Å². The maximum absolute atomic E-state index is 4.65. The normalized spacial score (nSPS) is 11.1. The molecular weight excluding hydrogens is 294 g/mol. The van der Waals surface area contributed by atoms with Crippen molar-refractivity contribution in [1.29, 1.82) is 0 Å². The Morgan fingerprint density at radius 1 is 0.955 bits per heavy atom. The number of pyridine rings is 1. The summed E-state index contributed by atoms with van der Waals surface area (Å²) in [4.78, 5) is 4.95. The van der Waals surface area contributed by atoms with E-state index in [1.807, 2.05) is 22.7 Å². The summed E-state index contributed by atoms with van der Waals surface area (Å²) in [5.41, 5.74) is 2.25. The number of rotatable bonds is 4. The smallest absolute Gasteiger partial charge is 0.234 e. The van der Waals surface area contributed by atoms with Gasteiger partial charge in [0.25, 0.3) is 0 Å². The highest BCUT2D eigenvalue weighted by Gasteiger charge is 2.13. The lowest BCUT2D eigenvalue weighted by atomic mass is 10.1. The van der Waals surface area contributed by atoms with Gasteiger partial charge in [-0.2, -0.15) is 9.61 Å². The molecule has 22 heavy (non-hydrogen) atoms. The molecule has 0 bridgehead atoms. The van der Waals surface area contributed by atoms with E-state index in [1.54, 1.807) is 23.7 Å². The van der Waals surface area contributed by atoms with Crippen molar-refractivity contribution in [1.82, 2.24) is 24.8 Å². The van der Waals surface area contributed by atoms with Gasteiger partial charge in [-0.15, -0.1) is 10.2 Å². The van der Waals surface area contributed by atoms with Gasteiger partial charge in [0.15, 0.2) is 5.82 Å². The first-order valence-electron chi connectivity index (χ1n) is 7.05. The average molecular weight is 307 g/mol. The molecule has 5 nitrogen and oxygen atoms in total. The van der Waals surface area contributed by atoms with Crippen molar-refractivity contribution in [3.63, 3.8) is 0 Å². The molecule has 0 atom stereocenters. The molecule has 6 heteroatoms. The lowest BCUT2D eigenvalue weighted by Crippen LogP contribution is -1.95. The van der Waals surface area contributed by atoms with Crippen LogP contribution in [0.3, 0.4) is 0 Å². The zero-order chi connectivity index (χ0) is 14.8. The van der Waals surface area contributed by atoms with Crippen molar-refractivity contribution in [3.8, 4) is 11.4 Å². The largest absolute Gasteiger partial charge is 0.264 e. The summed E-state index contributed by atoms with van der Waals surface area (Å²) in [7, 11) is 0. The van der Waals surface area contributed by atoms with Gasteiger partial charge in [-0.1, -0.05) is 41.7 Å². The number of aromatic nitrogens is 5. The van der Waals surface area contributed by atoms with Crippen molar-refractivity contribution >= 4 is 16.3 Å². The lowest BCUT2D eigenvalue weighted by molar-refractivity contribution is 0.865. The van der Waals surface area contributed by atoms with E-state index in [-0.39, 0.29) is 0 Å². The first kappa shape index (κ1) is 13.1. The van der Waals surface area contributed by atoms with Crippen molar-refractivity contribution < 1.29 is 0 Å². The third kappa shape index (κ3) is 2.48. The second-order valence-electron chi connectivity index (χ2n) is 4.94. The second kappa shape index (κ2) is 5.65. The van der Waals surface area contributed by atoms with Gasteiger partial charge in [-0.3, -0.25) is 4.98 Å². The number of benzene rings is 1. The fourth-order valence-electron chi connectivity index (χ4n) is 2.33. The topological polar surface area (TPSA) is 56.0 Å². The van der Waals surface area contributed by atoms with E-state index in [0.29, 0.717) is 0 Å². The van der Waals surface area contributed by atoms with E-state index in [9.17, 15) is 0 Å². The van der Waals surface area contributed by atoms with Crippen molar-refractivity contribution in [2.75, 3.05) is 0 Å². The highest BCUT2D eigenvalue weighted by molar-refractivity contribution is 7.16. The van der Waals surface area contributed by atoms with Gasteiger partial charge in [-0.05, 0) is 24.1 Å². The first-order valence-corrected chi connectivity index (χ1v) is 7.87. The van der Waals surface area contributed by atoms with E-state index in [1.165, 1.54) is 5.56 Å². The highest BCUT2D eigenvalue weighted by Crippen LogP contribution is 2.21. The predicted molar refractivity (Wildman–Crippen MR) is 85.7 cm³/mol. The van der Waals surface area contributed by atoms with Gasteiger partial charge in [0, 0.05) is 24.4 Å². The predicted octanol–water partition coefficient (Wildman–Crippen LogP) is 3.03. The zero-order valence-electron chi connectivity index (χ0n) is 11.8. The highest BCUT2D eigenvalue weighted by atomic mass is 32.1. The summed E-state index contributed by atoms with van der Waals surface area (Å²) in [6.07, 6.45) is 5.41. The summed E-state index contributed by atoms with van der Waals surface area (Å²) in [6.45, 7) is 0. The SMILES string of the molecule is c1ccc(CCc2nn3c(-c4cccnc4)nnc3s2)cc1. The number of nitrogens with zero attached hydrogens (tertiary/aromatic N) is 5. The molecule has 0 amide bonds. The molecule has 108 valence electrons. The summed E-state index contributed by atoms with van der Waals surface area (Å²) in [5, 5.41) is 14.1. The summed E-state index contributed by atoms with van der Waals surface area (Å²) in [5.74, 6) is 0.741. The van der Waals surface area contributed by atoms with E-state index in [0.717, 1.165) is 34.2 Å². The molecular formula is C16H13N5S. The molecule has 0 saturated heterocycles. The van der Waals surface area contributed by atoms with Gasteiger partial charge < -0.3 is 0 Å². The van der Waals surface area contributed by atoms with Crippen LogP contribution in [0, 0.1) is 0 Å². The number of hydrogen-bond donors (Lipinski definition) is 0. The Kier molecular flexibility index (Phi) is 3.36. The van der Waals surface area contributed by atoms with Crippen LogP contribution in [0.2, 0.25) is 0 Å². The zero-order valence-corrected chi connectivity index (χ0v) is 12.6. The molecule has 0 unspecified atom stereocenters. The van der Waals surface area contributed by atoms with Crippen molar-refractivity contribution in [2.24, 2.45) is 0 Å². The summed E-state index contributed by atoms with van der Waals surface area (Å²) in [6, 6.07) is 14.3. The minimum atomic E-state index is 0.741. The molecule has 1 aromatic carbocycles. The molecule has 0 aliphatic rings. The van der Waals surface area contributed by atoms with Crippen LogP contribution < -0.4 is 0 Å². The van der Waals surface area contributed by atoms with Gasteiger partial charge in [0.05, 0.1) is 0 Å². The molecule has 3 heterocycles. The molecule has 0 spiro atoms. The molecule has 0 aliphatic carbocycles. The second-order valence-corrected chi connectivity index (χ2v) is 5.98. The molecule has 0 aliphatic heterocycles. The third-order valence-electron chi connectivity index (χ3n) is 3.42. The molecule has 0 N–H and O–H groups in total. The maximum atomic E-state index is 4.65. The minimum Gasteiger partial charge on any atom is -0.264 e. The fraction of sp³-hybridized carbons (Fsp3) is 0.125. The Balaban J connectivity index is 1.60. The van der Waals surface area contributed by atoms with Crippen LogP contribution in [0.4, 0.5) is 0 Å². The van der Waals surface area contributed by atoms with Gasteiger partial charge in [0.1, 0.15) is 5.01 Å². The van der Waals surface area contributed by atoms with Gasteiger partial charge >= 0.3 is 0 Å². The van der Waals surface area contributed by atoms with Crippen LogP contribution in [0.5, 0.6) is 0 Å². The van der Waals surface area contributed by atoms with E-state index in [4.69, 9.17) is 0 Å². The monoisotopic (exact) mass is 307 g/mol. The molecule has 4 rings (SSSR count). The number of hydrogen-bond acceptors (Lipinski definition) is 5. The molecule has 0 saturated carbocycles. The van der Waals surface area contributed by atoms with Crippen molar-refractivity contribution in [2.45, 2.75) is 12.8 Å². The Hall–Kier alpha value is -2.60. The molecule has 3 aromatic heterocycles. The summed E-state index contributed by atoms with van der Waals surface area (Å²) >= 11 is 1.59. The first-order chi connectivity index (χ1) is 10.9. The Morgan fingerprint density at radius 3 is 2.68 bits per heavy atom. The Bertz CT molecular complexity index is 883. The Labute approximate surface area is 131 Å². The standard InChI is InChI=1S/C16H13N5S/c1-2-5-12(6-3-1)8-9-14-20-21-15(18-19-16(21)22-14)13-7-4-10-17-11-13/h1-7,10-11H,8-9H2. The van der Waals surface area contributed by atoms with E-state index in [2.05, 4.69) is 44.5 Å². The van der Waals surface area contributed by atoms with Crippen LogP contribution in [0.25, 0.3) is 16.3 Å². The molecule has 0 fully saturated rings. The maximum Gasteiger partial charge on any atom is 0.234 e. The number of fused-ring (bicyclic) bond motifs is 1. The molecule has 0 radical (unpaired) electrons. The number of aryl methyl sites for hydroxylation is 2. The minimum absolute atomic E-state index is 0.741. The lowest BCUT2D eigenvalue weighted by Gasteiger charge is -1.98. The average Bonchev–Trinajstić information content (AvgIpc) is 3.15. The molecule has 4 aromatic rings. The van der Waals surface area contributed by atoms with Crippen LogP contribution in [0.1, 0.15) is 10.6 Å². The van der Waals surface area contributed by atoms with Crippen LogP contribution in [0.15, 0.2) is 54.9 Å². The van der Waals surface area contributed by atoms with Crippen molar-refractivity contribution in [3.05, 3.63) is 65.4 Å². The third-order valence-corrected chi connectivity index (χ3v) is 4.38. The van der Waals surface area contributed by atoms with Crippen LogP contribution in [-0.4, -0.2) is 24.8 Å². The summed E-state index contributed by atoms with van der Waals surface area (Å²) < 4.78 is 1.81. The fourth-order valence-corrected chi connectivity index (χ4v) is 3.16. The quantitative estimate of drug-likeness (QED) is 0.581. The van der Waals surface area contributed by atoms with Gasteiger partial charge in [0.2, 0.25) is 4.96 Å². The van der Waals surface area contributed by atoms with E-state index < -0.39 is 0 Å². The van der Waals surface area contributed by atoms with Gasteiger partial charge in [-0.25, -0.2) is 0 Å².